The molecule has 0 radical (unpaired) electrons. The smallest absolute Gasteiger partial charge is 0.251 e. The van der Waals surface area contributed by atoms with E-state index in [0.29, 0.717) is 23.6 Å². The van der Waals surface area contributed by atoms with Gasteiger partial charge in [-0.25, -0.2) is 0 Å². The van der Waals surface area contributed by atoms with Crippen molar-refractivity contribution in [2.24, 2.45) is 0 Å². The van der Waals surface area contributed by atoms with Crippen molar-refractivity contribution in [2.45, 2.75) is 18.9 Å². The summed E-state index contributed by atoms with van der Waals surface area (Å²) >= 11 is 1.70. The number of likely N-dealkylation sites (tertiary alicyclic amines) is 1. The van der Waals surface area contributed by atoms with Crippen molar-refractivity contribution in [3.05, 3.63) is 46.2 Å². The van der Waals surface area contributed by atoms with E-state index in [-0.39, 0.29) is 18.7 Å². The predicted molar refractivity (Wildman–Crippen MR) is 92.8 cm³/mol. The third kappa shape index (κ3) is 3.12. The fraction of sp³-hybridized carbons (Fsp3) is 0.389. The van der Waals surface area contributed by atoms with Gasteiger partial charge in [-0.2, -0.15) is 11.3 Å². The second-order valence-electron chi connectivity index (χ2n) is 6.09. The van der Waals surface area contributed by atoms with E-state index in [1.165, 1.54) is 18.4 Å². The maximum Gasteiger partial charge on any atom is 0.251 e. The second-order valence-corrected chi connectivity index (χ2v) is 6.87. The van der Waals surface area contributed by atoms with E-state index in [0.717, 1.165) is 13.1 Å². The van der Waals surface area contributed by atoms with Crippen LogP contribution in [0.5, 0.6) is 11.5 Å². The van der Waals surface area contributed by atoms with Gasteiger partial charge in [-0.3, -0.25) is 9.69 Å². The summed E-state index contributed by atoms with van der Waals surface area (Å²) in [6.07, 6.45) is 2.47. The molecular formula is C18H20N2O3S. The molecule has 1 fully saturated rings. The Hall–Kier alpha value is -2.05. The number of hydrogen-bond acceptors (Lipinski definition) is 5. The van der Waals surface area contributed by atoms with Crippen LogP contribution in [0.15, 0.2) is 35.0 Å². The summed E-state index contributed by atoms with van der Waals surface area (Å²) in [6, 6.07) is 7.71. The van der Waals surface area contributed by atoms with Gasteiger partial charge >= 0.3 is 0 Å². The Morgan fingerprint density at radius 2 is 2.04 bits per heavy atom. The number of fused-ring (bicyclic) bond motifs is 1. The molecule has 0 bridgehead atoms. The van der Waals surface area contributed by atoms with E-state index < -0.39 is 0 Å². The lowest BCUT2D eigenvalue weighted by atomic mass is 10.1. The number of carbonyl (C=O) groups is 1. The predicted octanol–water partition coefficient (Wildman–Crippen LogP) is 3.04. The number of nitrogens with one attached hydrogen (secondary N) is 1. The molecule has 5 nitrogen and oxygen atoms in total. The molecule has 2 aromatic rings. The first-order valence-corrected chi connectivity index (χ1v) is 9.19. The fourth-order valence-corrected chi connectivity index (χ4v) is 4.01. The molecule has 1 unspecified atom stereocenters. The highest BCUT2D eigenvalue weighted by molar-refractivity contribution is 7.07. The van der Waals surface area contributed by atoms with Gasteiger partial charge in [-0.1, -0.05) is 0 Å². The van der Waals surface area contributed by atoms with E-state index in [1.54, 1.807) is 29.5 Å². The zero-order valence-electron chi connectivity index (χ0n) is 13.4. The lowest BCUT2D eigenvalue weighted by molar-refractivity contribution is 0.0937. The third-order valence-electron chi connectivity index (χ3n) is 4.60. The van der Waals surface area contributed by atoms with Gasteiger partial charge in [0.05, 0.1) is 6.04 Å². The van der Waals surface area contributed by atoms with Crippen LogP contribution in [0.2, 0.25) is 0 Å². The molecule has 0 aliphatic carbocycles. The molecule has 24 heavy (non-hydrogen) atoms. The van der Waals surface area contributed by atoms with E-state index in [9.17, 15) is 4.79 Å². The first-order valence-electron chi connectivity index (χ1n) is 8.25. The first kappa shape index (κ1) is 15.5. The van der Waals surface area contributed by atoms with Crippen LogP contribution >= 0.6 is 11.3 Å². The summed E-state index contributed by atoms with van der Waals surface area (Å²) in [4.78, 5) is 15.0. The molecule has 1 saturated heterocycles. The summed E-state index contributed by atoms with van der Waals surface area (Å²) in [5.74, 6) is 1.25. The number of thiophene rings is 1. The number of nitrogens with zero attached hydrogens (tertiary/aromatic N) is 1. The Morgan fingerprint density at radius 3 is 2.83 bits per heavy atom. The molecule has 126 valence electrons. The highest BCUT2D eigenvalue weighted by Crippen LogP contribution is 2.32. The molecule has 2 aliphatic heterocycles. The maximum absolute atomic E-state index is 12.5. The average Bonchev–Trinajstić information content (AvgIpc) is 3.36. The molecule has 1 aromatic carbocycles. The minimum Gasteiger partial charge on any atom is -0.454 e. The number of ether oxygens (including phenoxy) is 2. The van der Waals surface area contributed by atoms with Gasteiger partial charge in [0.1, 0.15) is 0 Å². The molecular weight excluding hydrogens is 324 g/mol. The van der Waals surface area contributed by atoms with Gasteiger partial charge in [0, 0.05) is 12.1 Å². The van der Waals surface area contributed by atoms with Crippen molar-refractivity contribution in [3.63, 3.8) is 0 Å². The molecule has 1 aromatic heterocycles. The second kappa shape index (κ2) is 6.83. The Balaban J connectivity index is 1.44. The monoisotopic (exact) mass is 344 g/mol. The van der Waals surface area contributed by atoms with Crippen LogP contribution in [0.25, 0.3) is 0 Å². The zero-order valence-corrected chi connectivity index (χ0v) is 14.2. The van der Waals surface area contributed by atoms with Crippen LogP contribution in [0.1, 0.15) is 34.8 Å². The average molecular weight is 344 g/mol. The third-order valence-corrected chi connectivity index (χ3v) is 5.30. The Bertz CT molecular complexity index is 711. The van der Waals surface area contributed by atoms with Gasteiger partial charge in [0.2, 0.25) is 6.79 Å². The van der Waals surface area contributed by atoms with Gasteiger partial charge in [-0.05, 0) is 66.5 Å². The highest BCUT2D eigenvalue weighted by Gasteiger charge is 2.24. The Labute approximate surface area is 145 Å². The van der Waals surface area contributed by atoms with Crippen LogP contribution < -0.4 is 14.8 Å². The number of carbonyl (C=O) groups excluding carboxylic acids is 1. The lowest BCUT2D eigenvalue weighted by Crippen LogP contribution is -2.36. The normalized spacial score (nSPS) is 17.8. The molecule has 3 heterocycles. The van der Waals surface area contributed by atoms with Crippen LogP contribution in [0, 0.1) is 0 Å². The summed E-state index contributed by atoms with van der Waals surface area (Å²) in [7, 11) is 0. The fourth-order valence-electron chi connectivity index (χ4n) is 3.30. The van der Waals surface area contributed by atoms with E-state index in [1.807, 2.05) is 0 Å². The molecule has 0 spiro atoms. The number of benzene rings is 1. The van der Waals surface area contributed by atoms with E-state index in [2.05, 4.69) is 27.0 Å². The molecule has 0 saturated carbocycles. The van der Waals surface area contributed by atoms with Crippen molar-refractivity contribution >= 4 is 17.2 Å². The van der Waals surface area contributed by atoms with Crippen molar-refractivity contribution in [1.29, 1.82) is 0 Å². The lowest BCUT2D eigenvalue weighted by Gasteiger charge is -2.27. The number of rotatable bonds is 5. The molecule has 1 atom stereocenters. The van der Waals surface area contributed by atoms with Gasteiger partial charge in [-0.15, -0.1) is 0 Å². The van der Waals surface area contributed by atoms with Crippen LogP contribution in [0.3, 0.4) is 0 Å². The standard InChI is InChI=1S/C18H20N2O3S/c21-18(13-3-4-16-17(9-13)23-12-22-16)19-10-15(14-5-8-24-11-14)20-6-1-2-7-20/h3-5,8-9,11,15H,1-2,6-7,10,12H2,(H,19,21). The summed E-state index contributed by atoms with van der Waals surface area (Å²) in [6.45, 7) is 3.03. The molecule has 1 amide bonds. The zero-order chi connectivity index (χ0) is 16.4. The van der Waals surface area contributed by atoms with Crippen molar-refractivity contribution < 1.29 is 14.3 Å². The Kier molecular flexibility index (Phi) is 4.40. The van der Waals surface area contributed by atoms with E-state index in [4.69, 9.17) is 9.47 Å². The topological polar surface area (TPSA) is 50.8 Å². The van der Waals surface area contributed by atoms with Crippen LogP contribution in [-0.2, 0) is 0 Å². The van der Waals surface area contributed by atoms with Crippen LogP contribution in [0.4, 0.5) is 0 Å². The largest absolute Gasteiger partial charge is 0.454 e. The van der Waals surface area contributed by atoms with Crippen LogP contribution in [-0.4, -0.2) is 37.2 Å². The van der Waals surface area contributed by atoms with E-state index >= 15 is 0 Å². The van der Waals surface area contributed by atoms with Gasteiger partial charge in [0.25, 0.3) is 5.91 Å². The number of amides is 1. The first-order chi connectivity index (χ1) is 11.8. The highest BCUT2D eigenvalue weighted by atomic mass is 32.1. The van der Waals surface area contributed by atoms with Crippen molar-refractivity contribution in [3.8, 4) is 11.5 Å². The summed E-state index contributed by atoms with van der Waals surface area (Å²) in [5, 5.41) is 7.35. The van der Waals surface area contributed by atoms with Crippen molar-refractivity contribution in [2.75, 3.05) is 26.4 Å². The molecule has 2 aliphatic rings. The molecule has 1 N–H and O–H groups in total. The Morgan fingerprint density at radius 1 is 1.21 bits per heavy atom. The minimum atomic E-state index is -0.0762. The van der Waals surface area contributed by atoms with Gasteiger partial charge in [0.15, 0.2) is 11.5 Å². The quantitative estimate of drug-likeness (QED) is 0.906. The van der Waals surface area contributed by atoms with Gasteiger partial charge < -0.3 is 14.8 Å². The minimum absolute atomic E-state index is 0.0762. The molecule has 6 heteroatoms. The summed E-state index contributed by atoms with van der Waals surface area (Å²) in [5.41, 5.74) is 1.89. The van der Waals surface area contributed by atoms with Crippen molar-refractivity contribution in [1.82, 2.24) is 10.2 Å². The summed E-state index contributed by atoms with van der Waals surface area (Å²) < 4.78 is 10.6. The molecule has 4 rings (SSSR count). The maximum atomic E-state index is 12.5. The number of hydrogen-bond donors (Lipinski definition) is 1. The SMILES string of the molecule is O=C(NCC(c1ccsc1)N1CCCC1)c1ccc2c(c1)OCO2.